The Morgan fingerprint density at radius 2 is 2.16 bits per heavy atom. The van der Waals surface area contributed by atoms with E-state index < -0.39 is 0 Å². The zero-order valence-electron chi connectivity index (χ0n) is 10.8. The van der Waals surface area contributed by atoms with Gasteiger partial charge in [-0.2, -0.15) is 0 Å². The minimum Gasteiger partial charge on any atom is -0.381 e. The molecule has 1 heterocycles. The van der Waals surface area contributed by atoms with Gasteiger partial charge < -0.3 is 15.4 Å². The lowest BCUT2D eigenvalue weighted by Gasteiger charge is -2.09. The molecule has 0 saturated carbocycles. The fourth-order valence-corrected chi connectivity index (χ4v) is 2.06. The Balaban J connectivity index is 1.60. The molecule has 1 amide bonds. The van der Waals surface area contributed by atoms with E-state index in [-0.39, 0.29) is 18.3 Å². The molecule has 2 rings (SSSR count). The standard InChI is InChI=1S/C14H19FN2O2/c15-12-1-3-13(4-2-12)17-14(18)9-16-7-5-11-6-8-19-10-11/h1-4,11,16H,5-10H2,(H,17,18). The van der Waals surface area contributed by atoms with Gasteiger partial charge in [-0.25, -0.2) is 4.39 Å². The molecule has 1 aromatic carbocycles. The largest absolute Gasteiger partial charge is 0.381 e. The van der Waals surface area contributed by atoms with Crippen molar-refractivity contribution in [2.45, 2.75) is 12.8 Å². The fourth-order valence-electron chi connectivity index (χ4n) is 2.06. The van der Waals surface area contributed by atoms with E-state index in [0.29, 0.717) is 11.6 Å². The molecule has 0 bridgehead atoms. The molecule has 19 heavy (non-hydrogen) atoms. The van der Waals surface area contributed by atoms with Crippen molar-refractivity contribution in [3.05, 3.63) is 30.1 Å². The van der Waals surface area contributed by atoms with Crippen LogP contribution in [0.2, 0.25) is 0 Å². The fraction of sp³-hybridized carbons (Fsp3) is 0.500. The molecule has 1 aliphatic rings. The van der Waals surface area contributed by atoms with E-state index >= 15 is 0 Å². The summed E-state index contributed by atoms with van der Waals surface area (Å²) in [7, 11) is 0. The number of hydrogen-bond acceptors (Lipinski definition) is 3. The summed E-state index contributed by atoms with van der Waals surface area (Å²) in [5, 5.41) is 5.81. The molecule has 5 heteroatoms. The normalized spacial score (nSPS) is 18.5. The van der Waals surface area contributed by atoms with Crippen molar-refractivity contribution in [3.63, 3.8) is 0 Å². The summed E-state index contributed by atoms with van der Waals surface area (Å²) in [6.45, 7) is 2.77. The first-order valence-electron chi connectivity index (χ1n) is 6.58. The quantitative estimate of drug-likeness (QED) is 0.772. The molecular weight excluding hydrogens is 247 g/mol. The Kier molecular flexibility index (Phi) is 5.30. The summed E-state index contributed by atoms with van der Waals surface area (Å²) < 4.78 is 18.0. The maximum atomic E-state index is 12.7. The molecule has 1 aromatic rings. The smallest absolute Gasteiger partial charge is 0.238 e. The van der Waals surface area contributed by atoms with Crippen LogP contribution in [0.5, 0.6) is 0 Å². The molecule has 1 aliphatic heterocycles. The van der Waals surface area contributed by atoms with E-state index in [2.05, 4.69) is 10.6 Å². The van der Waals surface area contributed by atoms with Crippen LogP contribution in [0.3, 0.4) is 0 Å². The van der Waals surface area contributed by atoms with E-state index in [1.165, 1.54) is 12.1 Å². The lowest BCUT2D eigenvalue weighted by Crippen LogP contribution is -2.29. The number of hydrogen-bond donors (Lipinski definition) is 2. The Morgan fingerprint density at radius 3 is 2.84 bits per heavy atom. The highest BCUT2D eigenvalue weighted by atomic mass is 19.1. The number of amides is 1. The lowest BCUT2D eigenvalue weighted by molar-refractivity contribution is -0.115. The second kappa shape index (κ2) is 7.21. The predicted molar refractivity (Wildman–Crippen MR) is 71.4 cm³/mol. The van der Waals surface area contributed by atoms with Crippen LogP contribution in [-0.4, -0.2) is 32.2 Å². The van der Waals surface area contributed by atoms with Gasteiger partial charge in [0, 0.05) is 18.9 Å². The molecule has 0 radical (unpaired) electrons. The predicted octanol–water partition coefficient (Wildman–Crippen LogP) is 1.78. The van der Waals surface area contributed by atoms with E-state index in [1.807, 2.05) is 0 Å². The number of halogens is 1. The van der Waals surface area contributed by atoms with Crippen molar-refractivity contribution < 1.29 is 13.9 Å². The summed E-state index contributed by atoms with van der Waals surface area (Å²) in [5.41, 5.74) is 0.609. The highest BCUT2D eigenvalue weighted by Crippen LogP contribution is 2.15. The SMILES string of the molecule is O=C(CNCCC1CCOC1)Nc1ccc(F)cc1. The van der Waals surface area contributed by atoms with Crippen molar-refractivity contribution in [3.8, 4) is 0 Å². The first-order chi connectivity index (χ1) is 9.24. The molecule has 4 nitrogen and oxygen atoms in total. The molecule has 0 spiro atoms. The Morgan fingerprint density at radius 1 is 1.37 bits per heavy atom. The molecule has 0 aliphatic carbocycles. The summed E-state index contributed by atoms with van der Waals surface area (Å²) in [4.78, 5) is 11.6. The van der Waals surface area contributed by atoms with E-state index in [0.717, 1.165) is 32.6 Å². The van der Waals surface area contributed by atoms with E-state index in [4.69, 9.17) is 4.74 Å². The van der Waals surface area contributed by atoms with Crippen molar-refractivity contribution >= 4 is 11.6 Å². The number of carbonyl (C=O) groups excluding carboxylic acids is 1. The van der Waals surface area contributed by atoms with Gasteiger partial charge in [0.05, 0.1) is 6.54 Å². The third-order valence-corrected chi connectivity index (χ3v) is 3.17. The van der Waals surface area contributed by atoms with Gasteiger partial charge in [0.1, 0.15) is 5.82 Å². The molecule has 1 fully saturated rings. The maximum Gasteiger partial charge on any atom is 0.238 e. The first-order valence-corrected chi connectivity index (χ1v) is 6.58. The monoisotopic (exact) mass is 266 g/mol. The molecule has 0 aromatic heterocycles. The second-order valence-electron chi connectivity index (χ2n) is 4.75. The van der Waals surface area contributed by atoms with Gasteiger partial charge in [0.25, 0.3) is 0 Å². The average molecular weight is 266 g/mol. The summed E-state index contributed by atoms with van der Waals surface area (Å²) in [6, 6.07) is 5.73. The molecular formula is C14H19FN2O2. The molecule has 1 saturated heterocycles. The zero-order chi connectivity index (χ0) is 13.5. The highest BCUT2D eigenvalue weighted by Gasteiger charge is 2.14. The molecule has 1 atom stereocenters. The van der Waals surface area contributed by atoms with Gasteiger partial charge in [-0.05, 0) is 49.6 Å². The van der Waals surface area contributed by atoms with Gasteiger partial charge in [-0.3, -0.25) is 4.79 Å². The van der Waals surface area contributed by atoms with E-state index in [1.54, 1.807) is 12.1 Å². The maximum absolute atomic E-state index is 12.7. The third kappa shape index (κ3) is 4.96. The van der Waals surface area contributed by atoms with Crippen LogP contribution in [0.4, 0.5) is 10.1 Å². The van der Waals surface area contributed by atoms with Crippen LogP contribution >= 0.6 is 0 Å². The third-order valence-electron chi connectivity index (χ3n) is 3.17. The van der Waals surface area contributed by atoms with Crippen LogP contribution in [0.15, 0.2) is 24.3 Å². The number of carbonyl (C=O) groups is 1. The topological polar surface area (TPSA) is 50.4 Å². The Bertz CT molecular complexity index is 402. The lowest BCUT2D eigenvalue weighted by atomic mass is 10.1. The van der Waals surface area contributed by atoms with Crippen LogP contribution in [0.25, 0.3) is 0 Å². The van der Waals surface area contributed by atoms with Crippen LogP contribution < -0.4 is 10.6 Å². The van der Waals surface area contributed by atoms with Gasteiger partial charge in [-0.15, -0.1) is 0 Å². The zero-order valence-corrected chi connectivity index (χ0v) is 10.8. The van der Waals surface area contributed by atoms with Crippen molar-refractivity contribution in [1.29, 1.82) is 0 Å². The number of benzene rings is 1. The number of rotatable bonds is 6. The van der Waals surface area contributed by atoms with Gasteiger partial charge in [-0.1, -0.05) is 0 Å². The summed E-state index contributed by atoms with van der Waals surface area (Å²) in [6.07, 6.45) is 2.15. The minimum absolute atomic E-state index is 0.116. The number of anilines is 1. The van der Waals surface area contributed by atoms with Crippen molar-refractivity contribution in [2.24, 2.45) is 5.92 Å². The summed E-state index contributed by atoms with van der Waals surface area (Å²) in [5.74, 6) is 0.192. The van der Waals surface area contributed by atoms with Crippen LogP contribution in [-0.2, 0) is 9.53 Å². The minimum atomic E-state index is -0.310. The van der Waals surface area contributed by atoms with Crippen LogP contribution in [0, 0.1) is 11.7 Å². The van der Waals surface area contributed by atoms with Gasteiger partial charge in [0.15, 0.2) is 0 Å². The second-order valence-corrected chi connectivity index (χ2v) is 4.75. The van der Waals surface area contributed by atoms with Gasteiger partial charge in [0.2, 0.25) is 5.91 Å². The number of ether oxygens (including phenoxy) is 1. The molecule has 104 valence electrons. The summed E-state index contributed by atoms with van der Waals surface area (Å²) >= 11 is 0. The Hall–Kier alpha value is -1.46. The van der Waals surface area contributed by atoms with Crippen LogP contribution in [0.1, 0.15) is 12.8 Å². The number of nitrogens with one attached hydrogen (secondary N) is 2. The van der Waals surface area contributed by atoms with Crippen molar-refractivity contribution in [1.82, 2.24) is 5.32 Å². The molecule has 1 unspecified atom stereocenters. The molecule has 2 N–H and O–H groups in total. The van der Waals surface area contributed by atoms with Gasteiger partial charge >= 0.3 is 0 Å². The Labute approximate surface area is 112 Å². The first kappa shape index (κ1) is 14.0. The highest BCUT2D eigenvalue weighted by molar-refractivity contribution is 5.92. The van der Waals surface area contributed by atoms with Crippen molar-refractivity contribution in [2.75, 3.05) is 31.6 Å². The van der Waals surface area contributed by atoms with E-state index in [9.17, 15) is 9.18 Å². The average Bonchev–Trinajstić information content (AvgIpc) is 2.91.